The second-order valence-corrected chi connectivity index (χ2v) is 5.70. The molecule has 0 spiro atoms. The molecule has 0 saturated heterocycles. The minimum atomic E-state index is -0.196. The number of para-hydroxylation sites is 1. The SMILES string of the molecule is COC(=O)C(C)C(C)Sc1ncnc2ccccc12. The van der Waals surface area contributed by atoms with Crippen LogP contribution in [0.5, 0.6) is 0 Å². The molecule has 1 aromatic heterocycles. The molecule has 0 radical (unpaired) electrons. The molecule has 0 aliphatic rings. The first kappa shape index (κ1) is 13.8. The summed E-state index contributed by atoms with van der Waals surface area (Å²) >= 11 is 1.57. The first-order valence-corrected chi connectivity index (χ1v) is 6.95. The largest absolute Gasteiger partial charge is 0.469 e. The molecule has 2 atom stereocenters. The highest BCUT2D eigenvalue weighted by molar-refractivity contribution is 8.00. The number of nitrogens with zero attached hydrogens (tertiary/aromatic N) is 2. The maximum absolute atomic E-state index is 11.5. The predicted molar refractivity (Wildman–Crippen MR) is 76.0 cm³/mol. The molecule has 0 N–H and O–H groups in total. The van der Waals surface area contributed by atoms with Crippen LogP contribution in [0.4, 0.5) is 0 Å². The molecule has 1 heterocycles. The van der Waals surface area contributed by atoms with Gasteiger partial charge in [-0.2, -0.15) is 0 Å². The van der Waals surface area contributed by atoms with Gasteiger partial charge < -0.3 is 4.74 Å². The van der Waals surface area contributed by atoms with Crippen LogP contribution in [0.1, 0.15) is 13.8 Å². The third-order valence-corrected chi connectivity index (χ3v) is 4.41. The van der Waals surface area contributed by atoms with Crippen molar-refractivity contribution in [3.05, 3.63) is 30.6 Å². The Hall–Kier alpha value is -1.62. The summed E-state index contributed by atoms with van der Waals surface area (Å²) in [6.07, 6.45) is 1.56. The van der Waals surface area contributed by atoms with Gasteiger partial charge in [0.05, 0.1) is 18.5 Å². The lowest BCUT2D eigenvalue weighted by atomic mass is 10.1. The second kappa shape index (κ2) is 6.02. The van der Waals surface area contributed by atoms with E-state index in [0.717, 1.165) is 15.9 Å². The van der Waals surface area contributed by atoms with Gasteiger partial charge in [-0.1, -0.05) is 32.0 Å². The van der Waals surface area contributed by atoms with Crippen molar-refractivity contribution in [2.24, 2.45) is 5.92 Å². The normalized spacial score (nSPS) is 14.1. The topological polar surface area (TPSA) is 52.1 Å². The quantitative estimate of drug-likeness (QED) is 0.488. The van der Waals surface area contributed by atoms with E-state index in [1.54, 1.807) is 18.1 Å². The number of benzene rings is 1. The third kappa shape index (κ3) is 3.04. The lowest BCUT2D eigenvalue weighted by Gasteiger charge is -2.17. The van der Waals surface area contributed by atoms with E-state index in [4.69, 9.17) is 4.74 Å². The van der Waals surface area contributed by atoms with Gasteiger partial charge in [0, 0.05) is 10.6 Å². The number of carbonyl (C=O) groups is 1. The summed E-state index contributed by atoms with van der Waals surface area (Å²) in [5.74, 6) is -0.373. The first-order valence-electron chi connectivity index (χ1n) is 6.07. The summed E-state index contributed by atoms with van der Waals surface area (Å²) in [7, 11) is 1.41. The predicted octanol–water partition coefficient (Wildman–Crippen LogP) is 2.92. The van der Waals surface area contributed by atoms with Crippen molar-refractivity contribution in [3.8, 4) is 0 Å². The van der Waals surface area contributed by atoms with Gasteiger partial charge in [0.2, 0.25) is 0 Å². The van der Waals surface area contributed by atoms with E-state index >= 15 is 0 Å². The van der Waals surface area contributed by atoms with Crippen LogP contribution in [0.25, 0.3) is 10.9 Å². The number of hydrogen-bond donors (Lipinski definition) is 0. The second-order valence-electron chi connectivity index (χ2n) is 4.33. The lowest BCUT2D eigenvalue weighted by Crippen LogP contribution is -2.22. The van der Waals surface area contributed by atoms with E-state index in [1.807, 2.05) is 38.1 Å². The number of carbonyl (C=O) groups excluding carboxylic acids is 1. The van der Waals surface area contributed by atoms with Crippen LogP contribution in [-0.2, 0) is 9.53 Å². The van der Waals surface area contributed by atoms with Crippen molar-refractivity contribution in [1.29, 1.82) is 0 Å². The van der Waals surface area contributed by atoms with Crippen molar-refractivity contribution in [1.82, 2.24) is 9.97 Å². The standard InChI is InChI=1S/C14H16N2O2S/c1-9(14(17)18-3)10(2)19-13-11-6-4-5-7-12(11)15-8-16-13/h4-10H,1-3H3. The molecule has 0 fully saturated rings. The van der Waals surface area contributed by atoms with Crippen LogP contribution >= 0.6 is 11.8 Å². The molecule has 1 aromatic carbocycles. The molecule has 19 heavy (non-hydrogen) atoms. The van der Waals surface area contributed by atoms with Crippen LogP contribution in [0.2, 0.25) is 0 Å². The zero-order chi connectivity index (χ0) is 13.8. The highest BCUT2D eigenvalue weighted by Crippen LogP contribution is 2.31. The number of methoxy groups -OCH3 is 1. The van der Waals surface area contributed by atoms with E-state index in [1.165, 1.54) is 7.11 Å². The molecule has 0 aliphatic heterocycles. The third-order valence-electron chi connectivity index (χ3n) is 3.08. The van der Waals surface area contributed by atoms with Gasteiger partial charge in [0.15, 0.2) is 0 Å². The highest BCUT2D eigenvalue weighted by Gasteiger charge is 2.22. The summed E-state index contributed by atoms with van der Waals surface area (Å²) in [5.41, 5.74) is 0.915. The number of aromatic nitrogens is 2. The van der Waals surface area contributed by atoms with Gasteiger partial charge >= 0.3 is 5.97 Å². The zero-order valence-corrected chi connectivity index (χ0v) is 12.0. The Bertz CT molecular complexity index is 583. The molecule has 100 valence electrons. The van der Waals surface area contributed by atoms with Crippen molar-refractivity contribution in [2.75, 3.05) is 7.11 Å². The molecule has 5 heteroatoms. The molecule has 0 saturated carbocycles. The fourth-order valence-electron chi connectivity index (χ4n) is 1.73. The van der Waals surface area contributed by atoms with Crippen molar-refractivity contribution >= 4 is 28.6 Å². The minimum Gasteiger partial charge on any atom is -0.469 e. The summed E-state index contributed by atoms with van der Waals surface area (Å²) in [4.78, 5) is 20.1. The van der Waals surface area contributed by atoms with Crippen LogP contribution in [-0.4, -0.2) is 28.3 Å². The van der Waals surface area contributed by atoms with E-state index in [-0.39, 0.29) is 17.1 Å². The summed E-state index contributed by atoms with van der Waals surface area (Å²) in [6, 6.07) is 7.86. The number of thioether (sulfide) groups is 1. The van der Waals surface area contributed by atoms with E-state index in [9.17, 15) is 4.79 Å². The summed E-state index contributed by atoms with van der Waals surface area (Å²) in [6.45, 7) is 3.87. The van der Waals surface area contributed by atoms with Crippen molar-refractivity contribution < 1.29 is 9.53 Å². The van der Waals surface area contributed by atoms with E-state index in [2.05, 4.69) is 9.97 Å². The fourth-order valence-corrected chi connectivity index (χ4v) is 2.80. The van der Waals surface area contributed by atoms with Crippen LogP contribution in [0, 0.1) is 5.92 Å². The van der Waals surface area contributed by atoms with Gasteiger partial charge in [0.1, 0.15) is 11.4 Å². The number of esters is 1. The van der Waals surface area contributed by atoms with Gasteiger partial charge in [0.25, 0.3) is 0 Å². The Morgan fingerprint density at radius 1 is 1.26 bits per heavy atom. The smallest absolute Gasteiger partial charge is 0.309 e. The van der Waals surface area contributed by atoms with Crippen LogP contribution in [0.15, 0.2) is 35.6 Å². The Kier molecular flexibility index (Phi) is 4.37. The molecule has 2 aromatic rings. The Morgan fingerprint density at radius 3 is 2.74 bits per heavy atom. The van der Waals surface area contributed by atoms with Gasteiger partial charge in [-0.15, -0.1) is 11.8 Å². The lowest BCUT2D eigenvalue weighted by molar-refractivity contribution is -0.144. The average molecular weight is 276 g/mol. The van der Waals surface area contributed by atoms with Crippen LogP contribution < -0.4 is 0 Å². The maximum Gasteiger partial charge on any atom is 0.309 e. The van der Waals surface area contributed by atoms with Crippen molar-refractivity contribution in [3.63, 3.8) is 0 Å². The molecule has 0 amide bonds. The summed E-state index contributed by atoms with van der Waals surface area (Å²) < 4.78 is 4.77. The van der Waals surface area contributed by atoms with E-state index < -0.39 is 0 Å². The number of rotatable bonds is 4. The molecular weight excluding hydrogens is 260 g/mol. The highest BCUT2D eigenvalue weighted by atomic mass is 32.2. The zero-order valence-electron chi connectivity index (χ0n) is 11.2. The average Bonchev–Trinajstić information content (AvgIpc) is 2.46. The molecule has 4 nitrogen and oxygen atoms in total. The Morgan fingerprint density at radius 2 is 2.00 bits per heavy atom. The van der Waals surface area contributed by atoms with Crippen LogP contribution in [0.3, 0.4) is 0 Å². The monoisotopic (exact) mass is 276 g/mol. The van der Waals surface area contributed by atoms with Gasteiger partial charge in [-0.25, -0.2) is 9.97 Å². The molecule has 2 unspecified atom stereocenters. The first-order chi connectivity index (χ1) is 9.13. The Labute approximate surface area is 116 Å². The Balaban J connectivity index is 2.24. The van der Waals surface area contributed by atoms with E-state index in [0.29, 0.717) is 0 Å². The minimum absolute atomic E-state index is 0.0887. The molecule has 0 aliphatic carbocycles. The number of fused-ring (bicyclic) bond motifs is 1. The molecule has 2 rings (SSSR count). The molecule has 0 bridgehead atoms. The molecular formula is C14H16N2O2S. The number of hydrogen-bond acceptors (Lipinski definition) is 5. The maximum atomic E-state index is 11.5. The fraction of sp³-hybridized carbons (Fsp3) is 0.357. The van der Waals surface area contributed by atoms with Gasteiger partial charge in [-0.05, 0) is 6.07 Å². The summed E-state index contributed by atoms with van der Waals surface area (Å²) in [5, 5.41) is 2.00. The van der Waals surface area contributed by atoms with Crippen molar-refractivity contribution in [2.45, 2.75) is 24.1 Å². The number of ether oxygens (including phenoxy) is 1. The van der Waals surface area contributed by atoms with Gasteiger partial charge in [-0.3, -0.25) is 4.79 Å².